The molecule has 0 amide bonds. The Morgan fingerprint density at radius 3 is 2.81 bits per heavy atom. The van der Waals surface area contributed by atoms with Gasteiger partial charge >= 0.3 is 0 Å². The second kappa shape index (κ2) is 5.16. The van der Waals surface area contributed by atoms with E-state index in [0.29, 0.717) is 12.4 Å². The van der Waals surface area contributed by atoms with Crippen molar-refractivity contribution in [3.63, 3.8) is 0 Å². The number of aromatic hydroxyl groups is 1. The molecule has 0 bridgehead atoms. The van der Waals surface area contributed by atoms with E-state index in [4.69, 9.17) is 4.74 Å². The molecule has 0 aliphatic rings. The summed E-state index contributed by atoms with van der Waals surface area (Å²) in [6.45, 7) is 8.96. The lowest BCUT2D eigenvalue weighted by molar-refractivity contribution is 0.101. The van der Waals surface area contributed by atoms with E-state index < -0.39 is 0 Å². The first-order valence-corrected chi connectivity index (χ1v) is 4.81. The summed E-state index contributed by atoms with van der Waals surface area (Å²) < 4.78 is 5.37. The molecule has 0 saturated heterocycles. The molecular formula is C13H14O3. The average molecular weight is 218 g/mol. The minimum Gasteiger partial charge on any atom is -0.507 e. The van der Waals surface area contributed by atoms with Gasteiger partial charge in [-0.25, -0.2) is 0 Å². The lowest BCUT2D eigenvalue weighted by Crippen LogP contribution is -2.00. The third kappa shape index (κ3) is 2.98. The average Bonchev–Trinajstić information content (AvgIpc) is 2.27. The highest BCUT2D eigenvalue weighted by atomic mass is 16.5. The van der Waals surface area contributed by atoms with Gasteiger partial charge in [0, 0.05) is 0 Å². The Kier molecular flexibility index (Phi) is 3.89. The van der Waals surface area contributed by atoms with Crippen LogP contribution in [0.25, 0.3) is 0 Å². The summed E-state index contributed by atoms with van der Waals surface area (Å²) in [7, 11) is 0. The van der Waals surface area contributed by atoms with Gasteiger partial charge in [-0.2, -0.15) is 0 Å². The van der Waals surface area contributed by atoms with E-state index in [9.17, 15) is 9.90 Å². The number of benzene rings is 1. The molecule has 0 saturated carbocycles. The summed E-state index contributed by atoms with van der Waals surface area (Å²) in [6, 6.07) is 4.54. The molecule has 1 aromatic rings. The van der Waals surface area contributed by atoms with E-state index in [1.54, 1.807) is 12.1 Å². The van der Waals surface area contributed by atoms with Gasteiger partial charge in [0.15, 0.2) is 5.78 Å². The molecule has 0 heterocycles. The molecule has 1 N–H and O–H groups in total. The fourth-order valence-corrected chi connectivity index (χ4v) is 1.12. The summed E-state index contributed by atoms with van der Waals surface area (Å²) in [5.41, 5.74) is 0.999. The molecule has 16 heavy (non-hydrogen) atoms. The van der Waals surface area contributed by atoms with Gasteiger partial charge in [-0.05, 0) is 30.7 Å². The van der Waals surface area contributed by atoms with Gasteiger partial charge in [-0.15, -0.1) is 0 Å². The van der Waals surface area contributed by atoms with Crippen LogP contribution in [-0.2, 0) is 0 Å². The summed E-state index contributed by atoms with van der Waals surface area (Å²) in [4.78, 5) is 11.2. The Labute approximate surface area is 94.7 Å². The number of Topliss-reactive ketones (excluding diaryl/α,β-unsaturated/α-hetero) is 1. The SMILES string of the molecule is C=CC(=C)COc1ccc(O)c(C(C)=O)c1. The molecule has 0 aliphatic heterocycles. The molecule has 0 unspecified atom stereocenters. The molecule has 0 fully saturated rings. The first kappa shape index (κ1) is 12.0. The van der Waals surface area contributed by atoms with Crippen LogP contribution in [0.2, 0.25) is 0 Å². The summed E-state index contributed by atoms with van der Waals surface area (Å²) in [5, 5.41) is 9.42. The van der Waals surface area contributed by atoms with Gasteiger partial charge in [-0.1, -0.05) is 19.2 Å². The molecule has 0 radical (unpaired) electrons. The largest absolute Gasteiger partial charge is 0.507 e. The van der Waals surface area contributed by atoms with Gasteiger partial charge in [0.05, 0.1) is 5.56 Å². The maximum Gasteiger partial charge on any atom is 0.163 e. The summed E-state index contributed by atoms with van der Waals surface area (Å²) in [5.74, 6) is 0.277. The Bertz CT molecular complexity index is 433. The normalized spacial score (nSPS) is 9.56. The minimum atomic E-state index is -0.203. The highest BCUT2D eigenvalue weighted by Gasteiger charge is 2.07. The molecule has 3 nitrogen and oxygen atoms in total. The van der Waals surface area contributed by atoms with Crippen LogP contribution in [0.5, 0.6) is 11.5 Å². The number of carbonyl (C=O) groups excluding carboxylic acids is 1. The smallest absolute Gasteiger partial charge is 0.163 e. The van der Waals surface area contributed by atoms with Crippen molar-refractivity contribution < 1.29 is 14.6 Å². The van der Waals surface area contributed by atoms with E-state index in [1.807, 2.05) is 0 Å². The molecule has 0 aromatic heterocycles. The van der Waals surface area contributed by atoms with Crippen molar-refractivity contribution in [2.24, 2.45) is 0 Å². The van der Waals surface area contributed by atoms with E-state index in [2.05, 4.69) is 13.2 Å². The number of hydrogen-bond acceptors (Lipinski definition) is 3. The molecule has 0 spiro atoms. The highest BCUT2D eigenvalue weighted by molar-refractivity contribution is 5.97. The molecule has 1 aromatic carbocycles. The maximum absolute atomic E-state index is 11.2. The van der Waals surface area contributed by atoms with Crippen molar-refractivity contribution in [3.05, 3.63) is 48.6 Å². The topological polar surface area (TPSA) is 46.5 Å². The molecule has 84 valence electrons. The van der Waals surface area contributed by atoms with Crippen LogP contribution in [0.4, 0.5) is 0 Å². The number of hydrogen-bond donors (Lipinski definition) is 1. The van der Waals surface area contributed by atoms with Crippen molar-refractivity contribution in [3.8, 4) is 11.5 Å². The third-order valence-electron chi connectivity index (χ3n) is 2.06. The van der Waals surface area contributed by atoms with Gasteiger partial charge in [0.1, 0.15) is 18.1 Å². The van der Waals surface area contributed by atoms with Crippen LogP contribution in [0.15, 0.2) is 43.0 Å². The quantitative estimate of drug-likeness (QED) is 0.610. The van der Waals surface area contributed by atoms with E-state index in [0.717, 1.165) is 5.57 Å². The first-order valence-electron chi connectivity index (χ1n) is 4.81. The van der Waals surface area contributed by atoms with Crippen molar-refractivity contribution in [2.75, 3.05) is 6.61 Å². The van der Waals surface area contributed by atoms with Crippen molar-refractivity contribution >= 4 is 5.78 Å². The van der Waals surface area contributed by atoms with Crippen LogP contribution in [-0.4, -0.2) is 17.5 Å². The van der Waals surface area contributed by atoms with Gasteiger partial charge < -0.3 is 9.84 Å². The van der Waals surface area contributed by atoms with Gasteiger partial charge in [0.2, 0.25) is 0 Å². The zero-order valence-electron chi connectivity index (χ0n) is 9.19. The van der Waals surface area contributed by atoms with Crippen LogP contribution in [0.3, 0.4) is 0 Å². The first-order chi connectivity index (χ1) is 7.54. The predicted molar refractivity (Wildman–Crippen MR) is 62.9 cm³/mol. The molecule has 0 atom stereocenters. The summed E-state index contributed by atoms with van der Waals surface area (Å²) in [6.07, 6.45) is 1.60. The predicted octanol–water partition coefficient (Wildman–Crippen LogP) is 2.72. The zero-order valence-corrected chi connectivity index (χ0v) is 9.19. The molecule has 0 aliphatic carbocycles. The number of carbonyl (C=O) groups is 1. The Morgan fingerprint density at radius 2 is 2.25 bits per heavy atom. The lowest BCUT2D eigenvalue weighted by atomic mass is 10.1. The molecule has 1 rings (SSSR count). The van der Waals surface area contributed by atoms with Crippen molar-refractivity contribution in [2.45, 2.75) is 6.92 Å². The Hall–Kier alpha value is -2.03. The van der Waals surface area contributed by atoms with E-state index >= 15 is 0 Å². The van der Waals surface area contributed by atoms with Crippen LogP contribution < -0.4 is 4.74 Å². The number of phenols is 1. The number of rotatable bonds is 5. The molecule has 3 heteroatoms. The summed E-state index contributed by atoms with van der Waals surface area (Å²) >= 11 is 0. The minimum absolute atomic E-state index is 0.0394. The maximum atomic E-state index is 11.2. The fraction of sp³-hybridized carbons (Fsp3) is 0.154. The second-order valence-electron chi connectivity index (χ2n) is 3.39. The van der Waals surface area contributed by atoms with Crippen molar-refractivity contribution in [1.82, 2.24) is 0 Å². The third-order valence-corrected chi connectivity index (χ3v) is 2.06. The highest BCUT2D eigenvalue weighted by Crippen LogP contribution is 2.23. The Morgan fingerprint density at radius 1 is 1.56 bits per heavy atom. The van der Waals surface area contributed by atoms with Gasteiger partial charge in [-0.3, -0.25) is 4.79 Å². The van der Waals surface area contributed by atoms with Gasteiger partial charge in [0.25, 0.3) is 0 Å². The molecular weight excluding hydrogens is 204 g/mol. The van der Waals surface area contributed by atoms with Crippen LogP contribution in [0, 0.1) is 0 Å². The zero-order chi connectivity index (χ0) is 12.1. The Balaban J connectivity index is 2.82. The number of phenolic OH excluding ortho intramolecular Hbond substituents is 1. The van der Waals surface area contributed by atoms with Crippen LogP contribution >= 0.6 is 0 Å². The standard InChI is InChI=1S/C13H14O3/c1-4-9(2)8-16-11-5-6-13(15)12(7-11)10(3)14/h4-7,15H,1-2,8H2,3H3. The monoisotopic (exact) mass is 218 g/mol. The number of ether oxygens (including phenoxy) is 1. The number of ketones is 1. The second-order valence-corrected chi connectivity index (χ2v) is 3.39. The fourth-order valence-electron chi connectivity index (χ4n) is 1.12. The lowest BCUT2D eigenvalue weighted by Gasteiger charge is -2.08. The van der Waals surface area contributed by atoms with Crippen LogP contribution in [0.1, 0.15) is 17.3 Å². The van der Waals surface area contributed by atoms with Crippen molar-refractivity contribution in [1.29, 1.82) is 0 Å². The van der Waals surface area contributed by atoms with E-state index in [-0.39, 0.29) is 17.1 Å². The van der Waals surface area contributed by atoms with E-state index in [1.165, 1.54) is 19.1 Å².